The molecule has 0 aliphatic heterocycles. The van der Waals surface area contributed by atoms with E-state index in [-0.39, 0.29) is 11.4 Å². The van der Waals surface area contributed by atoms with Crippen LogP contribution in [0.5, 0.6) is 0 Å². The van der Waals surface area contributed by atoms with Gasteiger partial charge in [0.05, 0.1) is 0 Å². The van der Waals surface area contributed by atoms with Gasteiger partial charge in [-0.3, -0.25) is 4.72 Å². The lowest BCUT2D eigenvalue weighted by molar-refractivity contribution is 0.600. The van der Waals surface area contributed by atoms with Gasteiger partial charge in [-0.15, -0.1) is 11.3 Å². The molecule has 18 heavy (non-hydrogen) atoms. The minimum atomic E-state index is -3.55. The molecule has 0 fully saturated rings. The highest BCUT2D eigenvalue weighted by Gasteiger charge is 2.19. The molecule has 0 spiro atoms. The molecular formula is C11H11IN2O2S2. The Hall–Kier alpha value is -0.640. The van der Waals surface area contributed by atoms with Gasteiger partial charge in [0.1, 0.15) is 4.90 Å². The summed E-state index contributed by atoms with van der Waals surface area (Å²) in [7, 11) is -3.55. The van der Waals surface area contributed by atoms with E-state index in [9.17, 15) is 8.42 Å². The molecule has 0 radical (unpaired) electrons. The van der Waals surface area contributed by atoms with Crippen molar-refractivity contribution in [2.75, 3.05) is 4.72 Å². The van der Waals surface area contributed by atoms with E-state index in [4.69, 9.17) is 5.73 Å². The monoisotopic (exact) mass is 394 g/mol. The fourth-order valence-corrected chi connectivity index (χ4v) is 4.41. The summed E-state index contributed by atoms with van der Waals surface area (Å²) < 4.78 is 27.9. The molecule has 0 saturated heterocycles. The maximum Gasteiger partial charge on any atom is 0.263 e. The summed E-state index contributed by atoms with van der Waals surface area (Å²) in [6, 6.07) is 8.76. The predicted octanol–water partition coefficient (Wildman–Crippen LogP) is 2.61. The lowest BCUT2D eigenvalue weighted by Gasteiger charge is -2.08. The van der Waals surface area contributed by atoms with Crippen LogP contribution in [-0.4, -0.2) is 8.42 Å². The molecule has 2 aromatic rings. The molecule has 96 valence electrons. The number of hydrogen-bond acceptors (Lipinski definition) is 4. The Morgan fingerprint density at radius 1 is 1.33 bits per heavy atom. The van der Waals surface area contributed by atoms with Crippen LogP contribution in [0, 0.1) is 3.57 Å². The largest absolute Gasteiger partial charge is 0.326 e. The van der Waals surface area contributed by atoms with Crippen molar-refractivity contribution in [1.82, 2.24) is 0 Å². The maximum absolute atomic E-state index is 12.2. The molecule has 1 aromatic heterocycles. The van der Waals surface area contributed by atoms with Crippen molar-refractivity contribution >= 4 is 49.6 Å². The number of nitrogens with two attached hydrogens (primary N) is 1. The van der Waals surface area contributed by atoms with Crippen LogP contribution in [0.4, 0.5) is 5.69 Å². The van der Waals surface area contributed by atoms with Crippen molar-refractivity contribution in [3.8, 4) is 0 Å². The van der Waals surface area contributed by atoms with Gasteiger partial charge < -0.3 is 5.73 Å². The standard InChI is InChI=1S/C11H11IN2O2S2/c12-8-2-1-3-9(6-8)14-18(15,16)11-4-5-17-10(11)7-13/h1-6,14H,7,13H2. The van der Waals surface area contributed by atoms with Crippen molar-refractivity contribution in [3.05, 3.63) is 44.2 Å². The fourth-order valence-electron chi connectivity index (χ4n) is 1.48. The van der Waals surface area contributed by atoms with Gasteiger partial charge in [0.2, 0.25) is 0 Å². The van der Waals surface area contributed by atoms with Crippen molar-refractivity contribution in [2.24, 2.45) is 5.73 Å². The molecule has 0 saturated carbocycles. The summed E-state index contributed by atoms with van der Waals surface area (Å²) in [5.41, 5.74) is 6.08. The molecule has 0 atom stereocenters. The highest BCUT2D eigenvalue weighted by atomic mass is 127. The van der Waals surface area contributed by atoms with Gasteiger partial charge in [-0.05, 0) is 52.2 Å². The number of anilines is 1. The number of thiophene rings is 1. The number of rotatable bonds is 4. The first kappa shape index (κ1) is 13.8. The number of sulfonamides is 1. The highest BCUT2D eigenvalue weighted by molar-refractivity contribution is 14.1. The van der Waals surface area contributed by atoms with E-state index < -0.39 is 10.0 Å². The van der Waals surface area contributed by atoms with E-state index in [2.05, 4.69) is 27.3 Å². The van der Waals surface area contributed by atoms with Crippen molar-refractivity contribution in [1.29, 1.82) is 0 Å². The molecule has 0 aliphatic carbocycles. The number of nitrogens with one attached hydrogen (secondary N) is 1. The Labute approximate surface area is 123 Å². The van der Waals surface area contributed by atoms with E-state index in [1.54, 1.807) is 29.6 Å². The summed E-state index contributed by atoms with van der Waals surface area (Å²) in [5, 5.41) is 1.73. The lowest BCUT2D eigenvalue weighted by atomic mass is 10.3. The average Bonchev–Trinajstić information content (AvgIpc) is 2.77. The second-order valence-corrected chi connectivity index (χ2v) is 7.43. The molecule has 1 heterocycles. The van der Waals surface area contributed by atoms with Crippen LogP contribution in [0.15, 0.2) is 40.6 Å². The smallest absolute Gasteiger partial charge is 0.263 e. The predicted molar refractivity (Wildman–Crippen MR) is 82.2 cm³/mol. The molecule has 2 rings (SSSR count). The third-order valence-corrected chi connectivity index (χ3v) is 5.47. The normalized spacial score (nSPS) is 11.4. The number of hydrogen-bond donors (Lipinski definition) is 2. The Bertz CT molecular complexity index is 653. The maximum atomic E-state index is 12.2. The molecule has 3 N–H and O–H groups in total. The van der Waals surface area contributed by atoms with Crippen LogP contribution in [0.25, 0.3) is 0 Å². The van der Waals surface area contributed by atoms with Gasteiger partial charge in [0.25, 0.3) is 10.0 Å². The second-order valence-electron chi connectivity index (χ2n) is 3.53. The summed E-state index contributed by atoms with van der Waals surface area (Å²) in [5.74, 6) is 0. The Morgan fingerprint density at radius 3 is 2.78 bits per heavy atom. The minimum Gasteiger partial charge on any atom is -0.326 e. The van der Waals surface area contributed by atoms with Crippen LogP contribution in [0.1, 0.15) is 4.88 Å². The molecule has 1 aromatic carbocycles. The van der Waals surface area contributed by atoms with Gasteiger partial charge in [0.15, 0.2) is 0 Å². The van der Waals surface area contributed by atoms with E-state index in [1.807, 2.05) is 6.07 Å². The van der Waals surface area contributed by atoms with E-state index in [0.717, 1.165) is 3.57 Å². The first-order valence-electron chi connectivity index (χ1n) is 5.08. The average molecular weight is 394 g/mol. The highest BCUT2D eigenvalue weighted by Crippen LogP contribution is 2.24. The molecule has 4 nitrogen and oxygen atoms in total. The summed E-state index contributed by atoms with van der Waals surface area (Å²) in [6.07, 6.45) is 0. The fraction of sp³-hybridized carbons (Fsp3) is 0.0909. The first-order chi connectivity index (χ1) is 8.53. The van der Waals surface area contributed by atoms with Crippen molar-refractivity contribution in [2.45, 2.75) is 11.4 Å². The Kier molecular flexibility index (Phi) is 4.25. The van der Waals surface area contributed by atoms with Crippen molar-refractivity contribution in [3.63, 3.8) is 0 Å². The minimum absolute atomic E-state index is 0.222. The molecule has 0 unspecified atom stereocenters. The third kappa shape index (κ3) is 3.02. The molecular weight excluding hydrogens is 383 g/mol. The molecule has 0 bridgehead atoms. The summed E-state index contributed by atoms with van der Waals surface area (Å²) in [4.78, 5) is 0.919. The quantitative estimate of drug-likeness (QED) is 0.784. The zero-order valence-corrected chi connectivity index (χ0v) is 13.1. The van der Waals surface area contributed by atoms with Gasteiger partial charge in [0, 0.05) is 20.7 Å². The van der Waals surface area contributed by atoms with Crippen LogP contribution in [0.3, 0.4) is 0 Å². The number of benzene rings is 1. The van der Waals surface area contributed by atoms with Crippen molar-refractivity contribution < 1.29 is 8.42 Å². The van der Waals surface area contributed by atoms with Gasteiger partial charge in [-0.2, -0.15) is 0 Å². The van der Waals surface area contributed by atoms with Gasteiger partial charge in [-0.25, -0.2) is 8.42 Å². The van der Waals surface area contributed by atoms with Crippen LogP contribution < -0.4 is 10.5 Å². The molecule has 7 heteroatoms. The van der Waals surface area contributed by atoms with Gasteiger partial charge >= 0.3 is 0 Å². The lowest BCUT2D eigenvalue weighted by Crippen LogP contribution is -2.14. The van der Waals surface area contributed by atoms with E-state index in [0.29, 0.717) is 10.6 Å². The SMILES string of the molecule is NCc1sccc1S(=O)(=O)Nc1cccc(I)c1. The zero-order chi connectivity index (χ0) is 13.2. The summed E-state index contributed by atoms with van der Waals surface area (Å²) >= 11 is 3.48. The third-order valence-electron chi connectivity index (χ3n) is 2.26. The first-order valence-corrected chi connectivity index (χ1v) is 8.52. The number of halogens is 1. The topological polar surface area (TPSA) is 72.2 Å². The van der Waals surface area contributed by atoms with Crippen LogP contribution >= 0.6 is 33.9 Å². The van der Waals surface area contributed by atoms with E-state index in [1.165, 1.54) is 11.3 Å². The van der Waals surface area contributed by atoms with E-state index >= 15 is 0 Å². The Morgan fingerprint density at radius 2 is 2.11 bits per heavy atom. The Balaban J connectivity index is 2.33. The van der Waals surface area contributed by atoms with Crippen LogP contribution in [-0.2, 0) is 16.6 Å². The second kappa shape index (κ2) is 5.55. The van der Waals surface area contributed by atoms with Crippen LogP contribution in [0.2, 0.25) is 0 Å². The summed E-state index contributed by atoms with van der Waals surface area (Å²) in [6.45, 7) is 0.222. The molecule has 0 aliphatic rings. The zero-order valence-electron chi connectivity index (χ0n) is 9.26. The molecule has 0 amide bonds. The van der Waals surface area contributed by atoms with Gasteiger partial charge in [-0.1, -0.05) is 6.07 Å².